The van der Waals surface area contributed by atoms with Crippen LogP contribution in [0.4, 0.5) is 8.78 Å². The van der Waals surface area contributed by atoms with Crippen molar-refractivity contribution >= 4 is 21.4 Å². The molecule has 10 heteroatoms. The standard InChI is InChI=1S/C16H16F2N4O2S2/c1-10-8-11(2)22(21-10)16-20-12(9-25-16)6-7-19-26(23,24)15-13(17)4-3-5-14(15)18/h3-5,8-9,19H,6-7H2,1-2H3. The molecule has 2 heterocycles. The molecule has 0 fully saturated rings. The van der Waals surface area contributed by atoms with Gasteiger partial charge in [0, 0.05) is 24.0 Å². The summed E-state index contributed by atoms with van der Waals surface area (Å²) < 4.78 is 55.4. The molecule has 0 bridgehead atoms. The molecule has 3 aromatic rings. The highest BCUT2D eigenvalue weighted by molar-refractivity contribution is 7.89. The van der Waals surface area contributed by atoms with Crippen LogP contribution in [0.15, 0.2) is 34.5 Å². The van der Waals surface area contributed by atoms with Gasteiger partial charge in [0.15, 0.2) is 4.90 Å². The molecule has 6 nitrogen and oxygen atoms in total. The molecule has 0 atom stereocenters. The van der Waals surface area contributed by atoms with Crippen molar-refractivity contribution in [2.75, 3.05) is 6.54 Å². The fourth-order valence-corrected chi connectivity index (χ4v) is 4.49. The minimum atomic E-state index is -4.28. The van der Waals surface area contributed by atoms with Gasteiger partial charge in [0.1, 0.15) is 11.6 Å². The highest BCUT2D eigenvalue weighted by Gasteiger charge is 2.23. The van der Waals surface area contributed by atoms with Gasteiger partial charge in [-0.05, 0) is 32.0 Å². The van der Waals surface area contributed by atoms with E-state index in [4.69, 9.17) is 0 Å². The fraction of sp³-hybridized carbons (Fsp3) is 0.250. The predicted molar refractivity (Wildman–Crippen MR) is 94.0 cm³/mol. The van der Waals surface area contributed by atoms with Gasteiger partial charge in [-0.3, -0.25) is 0 Å². The maximum Gasteiger partial charge on any atom is 0.246 e. The lowest BCUT2D eigenvalue weighted by Gasteiger charge is -2.07. The van der Waals surface area contributed by atoms with Gasteiger partial charge in [-0.15, -0.1) is 11.3 Å². The molecule has 0 spiro atoms. The molecule has 26 heavy (non-hydrogen) atoms. The van der Waals surface area contributed by atoms with Crippen LogP contribution >= 0.6 is 11.3 Å². The number of hydrogen-bond donors (Lipinski definition) is 1. The number of rotatable bonds is 6. The van der Waals surface area contributed by atoms with E-state index >= 15 is 0 Å². The first-order valence-electron chi connectivity index (χ1n) is 7.69. The molecule has 2 aromatic heterocycles. The Labute approximate surface area is 153 Å². The minimum Gasteiger partial charge on any atom is -0.223 e. The van der Waals surface area contributed by atoms with Crippen LogP contribution in [0.25, 0.3) is 5.13 Å². The molecule has 0 saturated heterocycles. The molecule has 0 saturated carbocycles. The van der Waals surface area contributed by atoms with Gasteiger partial charge in [0.25, 0.3) is 0 Å². The predicted octanol–water partition coefficient (Wildman–Crippen LogP) is 2.74. The van der Waals surface area contributed by atoms with Crippen molar-refractivity contribution < 1.29 is 17.2 Å². The Morgan fingerprint density at radius 1 is 1.23 bits per heavy atom. The molecule has 1 aromatic carbocycles. The number of nitrogens with zero attached hydrogens (tertiary/aromatic N) is 3. The Kier molecular flexibility index (Phi) is 5.17. The van der Waals surface area contributed by atoms with Gasteiger partial charge in [0.05, 0.1) is 11.4 Å². The Morgan fingerprint density at radius 2 is 1.92 bits per heavy atom. The van der Waals surface area contributed by atoms with E-state index in [0.29, 0.717) is 10.8 Å². The second kappa shape index (κ2) is 7.22. The monoisotopic (exact) mass is 398 g/mol. The molecule has 0 aliphatic heterocycles. The van der Waals surface area contributed by atoms with Crippen LogP contribution in [-0.2, 0) is 16.4 Å². The van der Waals surface area contributed by atoms with Crippen LogP contribution in [-0.4, -0.2) is 29.7 Å². The van der Waals surface area contributed by atoms with E-state index in [2.05, 4.69) is 14.8 Å². The van der Waals surface area contributed by atoms with Crippen molar-refractivity contribution in [1.82, 2.24) is 19.5 Å². The molecule has 0 aliphatic carbocycles. The van der Waals surface area contributed by atoms with Crippen molar-refractivity contribution in [3.63, 3.8) is 0 Å². The molecule has 138 valence electrons. The van der Waals surface area contributed by atoms with Crippen LogP contribution in [0.3, 0.4) is 0 Å². The number of aromatic nitrogens is 3. The number of hydrogen-bond acceptors (Lipinski definition) is 5. The molecule has 3 rings (SSSR count). The van der Waals surface area contributed by atoms with Crippen LogP contribution < -0.4 is 4.72 Å². The maximum atomic E-state index is 13.6. The van der Waals surface area contributed by atoms with E-state index in [1.807, 2.05) is 19.9 Å². The Hall–Kier alpha value is -2.17. The first-order valence-corrected chi connectivity index (χ1v) is 10.1. The van der Waals surface area contributed by atoms with Crippen molar-refractivity contribution in [2.45, 2.75) is 25.2 Å². The Morgan fingerprint density at radius 3 is 2.54 bits per heavy atom. The Balaban J connectivity index is 1.68. The van der Waals surface area contributed by atoms with E-state index < -0.39 is 26.6 Å². The van der Waals surface area contributed by atoms with Crippen molar-refractivity contribution in [2.24, 2.45) is 0 Å². The van der Waals surface area contributed by atoms with E-state index in [1.165, 1.54) is 11.3 Å². The third kappa shape index (κ3) is 3.81. The van der Waals surface area contributed by atoms with Crippen LogP contribution in [0, 0.1) is 25.5 Å². The van der Waals surface area contributed by atoms with Crippen LogP contribution in [0.2, 0.25) is 0 Å². The smallest absolute Gasteiger partial charge is 0.223 e. The number of halogens is 2. The second-order valence-corrected chi connectivity index (χ2v) is 8.20. The van der Waals surface area contributed by atoms with E-state index in [9.17, 15) is 17.2 Å². The quantitative estimate of drug-likeness (QED) is 0.693. The summed E-state index contributed by atoms with van der Waals surface area (Å²) in [4.78, 5) is 3.45. The van der Waals surface area contributed by atoms with Crippen LogP contribution in [0.1, 0.15) is 17.1 Å². The SMILES string of the molecule is Cc1cc(C)n(-c2nc(CCNS(=O)(=O)c3c(F)cccc3F)cs2)n1. The molecule has 0 unspecified atom stereocenters. The molecule has 0 aliphatic rings. The molecular formula is C16H16F2N4O2S2. The van der Waals surface area contributed by atoms with Crippen molar-refractivity contribution in [3.05, 3.63) is 58.4 Å². The first-order chi connectivity index (χ1) is 12.3. The third-order valence-corrected chi connectivity index (χ3v) is 5.97. The molecule has 0 radical (unpaired) electrons. The normalized spacial score (nSPS) is 11.8. The largest absolute Gasteiger partial charge is 0.246 e. The summed E-state index contributed by atoms with van der Waals surface area (Å²) in [5.41, 5.74) is 2.48. The highest BCUT2D eigenvalue weighted by Crippen LogP contribution is 2.19. The summed E-state index contributed by atoms with van der Waals surface area (Å²) >= 11 is 1.38. The lowest BCUT2D eigenvalue weighted by Crippen LogP contribution is -2.27. The van der Waals surface area contributed by atoms with Gasteiger partial charge < -0.3 is 0 Å². The summed E-state index contributed by atoms with van der Waals surface area (Å²) in [6, 6.07) is 4.84. The second-order valence-electron chi connectivity index (χ2n) is 5.66. The molecule has 1 N–H and O–H groups in total. The highest BCUT2D eigenvalue weighted by atomic mass is 32.2. The van der Waals surface area contributed by atoms with E-state index in [-0.39, 0.29) is 13.0 Å². The lowest BCUT2D eigenvalue weighted by molar-refractivity contribution is 0.514. The number of thiazole rings is 1. The van der Waals surface area contributed by atoms with Crippen molar-refractivity contribution in [3.8, 4) is 5.13 Å². The van der Waals surface area contributed by atoms with E-state index in [0.717, 1.165) is 29.6 Å². The van der Waals surface area contributed by atoms with Crippen LogP contribution in [0.5, 0.6) is 0 Å². The number of nitrogens with one attached hydrogen (secondary N) is 1. The molecular weight excluding hydrogens is 382 g/mol. The summed E-state index contributed by atoms with van der Waals surface area (Å²) in [6.07, 6.45) is 0.283. The maximum absolute atomic E-state index is 13.6. The van der Waals surface area contributed by atoms with Crippen molar-refractivity contribution in [1.29, 1.82) is 0 Å². The Bertz CT molecular complexity index is 1020. The summed E-state index contributed by atoms with van der Waals surface area (Å²) in [5, 5.41) is 6.81. The summed E-state index contributed by atoms with van der Waals surface area (Å²) in [7, 11) is -4.28. The minimum absolute atomic E-state index is 0.0314. The lowest BCUT2D eigenvalue weighted by atomic mass is 10.3. The number of sulfonamides is 1. The average molecular weight is 398 g/mol. The fourth-order valence-electron chi connectivity index (χ4n) is 2.46. The van der Waals surface area contributed by atoms with Gasteiger partial charge in [0.2, 0.25) is 15.2 Å². The average Bonchev–Trinajstić information content (AvgIpc) is 3.12. The van der Waals surface area contributed by atoms with Gasteiger partial charge >= 0.3 is 0 Å². The third-order valence-electron chi connectivity index (χ3n) is 3.59. The zero-order valence-corrected chi connectivity index (χ0v) is 15.7. The van der Waals surface area contributed by atoms with E-state index in [1.54, 1.807) is 10.1 Å². The summed E-state index contributed by atoms with van der Waals surface area (Å²) in [6.45, 7) is 3.77. The van der Waals surface area contributed by atoms with Gasteiger partial charge in [-0.1, -0.05) is 6.07 Å². The topological polar surface area (TPSA) is 76.9 Å². The molecule has 0 amide bonds. The number of aryl methyl sites for hydroxylation is 2. The zero-order chi connectivity index (χ0) is 18.9. The first kappa shape index (κ1) is 18.6. The number of benzene rings is 1. The summed E-state index contributed by atoms with van der Waals surface area (Å²) in [5.74, 6) is -2.25. The van der Waals surface area contributed by atoms with Gasteiger partial charge in [-0.25, -0.2) is 31.6 Å². The zero-order valence-electron chi connectivity index (χ0n) is 14.0. The van der Waals surface area contributed by atoms with Gasteiger partial charge in [-0.2, -0.15) is 5.10 Å².